The van der Waals surface area contributed by atoms with Gasteiger partial charge in [-0.1, -0.05) is 0 Å². The van der Waals surface area contributed by atoms with Crippen LogP contribution in [-0.4, -0.2) is 34.7 Å². The van der Waals surface area contributed by atoms with Crippen LogP contribution in [0.3, 0.4) is 0 Å². The van der Waals surface area contributed by atoms with Gasteiger partial charge >= 0.3 is 5.97 Å². The van der Waals surface area contributed by atoms with Gasteiger partial charge in [0.2, 0.25) is 5.91 Å². The van der Waals surface area contributed by atoms with Crippen LogP contribution in [0.2, 0.25) is 0 Å². The number of pyridine rings is 1. The van der Waals surface area contributed by atoms with E-state index in [1.165, 1.54) is 18.5 Å². The topological polar surface area (TPSA) is 88.5 Å². The molecule has 2 unspecified atom stereocenters. The summed E-state index contributed by atoms with van der Waals surface area (Å²) in [4.78, 5) is 26.8. The molecule has 0 saturated carbocycles. The van der Waals surface area contributed by atoms with Crippen LogP contribution < -0.4 is 5.32 Å². The number of carboxylic acid groups (broad SMARTS) is 1. The van der Waals surface area contributed by atoms with Crippen LogP contribution in [0.5, 0.6) is 0 Å². The average Bonchev–Trinajstić information content (AvgIpc) is 2.76. The summed E-state index contributed by atoms with van der Waals surface area (Å²) in [5.74, 6) is -1.56. The van der Waals surface area contributed by atoms with Crippen molar-refractivity contribution in [3.63, 3.8) is 0 Å². The molecular formula is C12H14N2O4. The SMILES string of the molecule is CC1OCCC1C(=O)Nc1cnccc1C(=O)O. The maximum Gasteiger partial charge on any atom is 0.337 e. The number of nitrogens with one attached hydrogen (secondary N) is 1. The van der Waals surface area contributed by atoms with Gasteiger partial charge in [-0.05, 0) is 19.4 Å². The molecule has 1 aromatic heterocycles. The first-order valence-corrected chi connectivity index (χ1v) is 5.69. The Morgan fingerprint density at radius 3 is 2.94 bits per heavy atom. The quantitative estimate of drug-likeness (QED) is 0.839. The van der Waals surface area contributed by atoms with Crippen molar-refractivity contribution in [2.45, 2.75) is 19.4 Å². The summed E-state index contributed by atoms with van der Waals surface area (Å²) in [5, 5.41) is 11.6. The summed E-state index contributed by atoms with van der Waals surface area (Å²) < 4.78 is 5.31. The second-order valence-corrected chi connectivity index (χ2v) is 4.19. The van der Waals surface area contributed by atoms with Crippen LogP contribution in [0.15, 0.2) is 18.5 Å². The van der Waals surface area contributed by atoms with Crippen LogP contribution in [0.25, 0.3) is 0 Å². The summed E-state index contributed by atoms with van der Waals surface area (Å²) in [5.41, 5.74) is 0.249. The number of carboxylic acids is 1. The van der Waals surface area contributed by atoms with Crippen molar-refractivity contribution >= 4 is 17.6 Å². The minimum atomic E-state index is -1.09. The molecular weight excluding hydrogens is 236 g/mol. The Morgan fingerprint density at radius 1 is 1.56 bits per heavy atom. The summed E-state index contributed by atoms with van der Waals surface area (Å²) in [6.07, 6.45) is 3.22. The predicted octanol–water partition coefficient (Wildman–Crippen LogP) is 1.14. The maximum atomic E-state index is 12.0. The van der Waals surface area contributed by atoms with Crippen LogP contribution >= 0.6 is 0 Å². The summed E-state index contributed by atoms with van der Waals surface area (Å²) in [6, 6.07) is 1.35. The van der Waals surface area contributed by atoms with Gasteiger partial charge in [-0.15, -0.1) is 0 Å². The van der Waals surface area contributed by atoms with Gasteiger partial charge in [-0.25, -0.2) is 4.79 Å². The number of aromatic nitrogens is 1. The summed E-state index contributed by atoms with van der Waals surface area (Å²) in [6.45, 7) is 2.39. The fourth-order valence-electron chi connectivity index (χ4n) is 1.98. The molecule has 0 aromatic carbocycles. The molecule has 0 radical (unpaired) electrons. The van der Waals surface area contributed by atoms with E-state index in [1.54, 1.807) is 0 Å². The van der Waals surface area contributed by atoms with Gasteiger partial charge in [0, 0.05) is 12.8 Å². The first kappa shape index (κ1) is 12.5. The molecule has 1 amide bonds. The monoisotopic (exact) mass is 250 g/mol. The second kappa shape index (κ2) is 5.14. The van der Waals surface area contributed by atoms with Crippen LogP contribution in [0.1, 0.15) is 23.7 Å². The molecule has 2 atom stereocenters. The van der Waals surface area contributed by atoms with Crippen LogP contribution in [-0.2, 0) is 9.53 Å². The molecule has 6 nitrogen and oxygen atoms in total. The van der Waals surface area contributed by atoms with Gasteiger partial charge in [-0.3, -0.25) is 9.78 Å². The number of ether oxygens (including phenoxy) is 1. The molecule has 6 heteroatoms. The van der Waals surface area contributed by atoms with Gasteiger partial charge in [0.15, 0.2) is 0 Å². The number of aromatic carboxylic acids is 1. The van der Waals surface area contributed by atoms with E-state index in [0.717, 1.165) is 0 Å². The Bertz CT molecular complexity index is 475. The third kappa shape index (κ3) is 2.48. The van der Waals surface area contributed by atoms with Gasteiger partial charge in [0.05, 0.1) is 29.5 Å². The zero-order valence-electron chi connectivity index (χ0n) is 9.92. The zero-order valence-corrected chi connectivity index (χ0v) is 9.92. The highest BCUT2D eigenvalue weighted by Gasteiger charge is 2.31. The average molecular weight is 250 g/mol. The molecule has 2 heterocycles. The van der Waals surface area contributed by atoms with E-state index >= 15 is 0 Å². The highest BCUT2D eigenvalue weighted by Crippen LogP contribution is 2.23. The van der Waals surface area contributed by atoms with Crippen molar-refractivity contribution in [1.29, 1.82) is 0 Å². The lowest BCUT2D eigenvalue weighted by Gasteiger charge is -2.14. The summed E-state index contributed by atoms with van der Waals surface area (Å²) >= 11 is 0. The van der Waals surface area contributed by atoms with Gasteiger partial charge in [0.1, 0.15) is 0 Å². The normalized spacial score (nSPS) is 22.7. The Balaban J connectivity index is 2.14. The number of amides is 1. The van der Waals surface area contributed by atoms with Crippen molar-refractivity contribution in [2.75, 3.05) is 11.9 Å². The number of hydrogen-bond donors (Lipinski definition) is 2. The second-order valence-electron chi connectivity index (χ2n) is 4.19. The van der Waals surface area contributed by atoms with Crippen molar-refractivity contribution < 1.29 is 19.4 Å². The lowest BCUT2D eigenvalue weighted by Crippen LogP contribution is -2.28. The van der Waals surface area contributed by atoms with Crippen LogP contribution in [0, 0.1) is 5.92 Å². The van der Waals surface area contributed by atoms with Gasteiger partial charge in [-0.2, -0.15) is 0 Å². The number of anilines is 1. The van der Waals surface area contributed by atoms with Crippen molar-refractivity contribution in [3.8, 4) is 0 Å². The van der Waals surface area contributed by atoms with Crippen LogP contribution in [0.4, 0.5) is 5.69 Å². The summed E-state index contributed by atoms with van der Waals surface area (Å²) in [7, 11) is 0. The number of rotatable bonds is 3. The fraction of sp³-hybridized carbons (Fsp3) is 0.417. The number of carbonyl (C=O) groups excluding carboxylic acids is 1. The van der Waals surface area contributed by atoms with Gasteiger partial charge < -0.3 is 15.2 Å². The van der Waals surface area contributed by atoms with E-state index in [1.807, 2.05) is 6.92 Å². The molecule has 2 rings (SSSR count). The maximum absolute atomic E-state index is 12.0. The third-order valence-electron chi connectivity index (χ3n) is 3.02. The van der Waals surface area contributed by atoms with E-state index < -0.39 is 5.97 Å². The zero-order chi connectivity index (χ0) is 13.1. The molecule has 1 aromatic rings. The molecule has 1 aliphatic rings. The first-order chi connectivity index (χ1) is 8.59. The molecule has 96 valence electrons. The van der Waals surface area contributed by atoms with E-state index in [9.17, 15) is 9.59 Å². The molecule has 2 N–H and O–H groups in total. The minimum absolute atomic E-state index is 0.0323. The third-order valence-corrected chi connectivity index (χ3v) is 3.02. The molecule has 1 fully saturated rings. The Morgan fingerprint density at radius 2 is 2.33 bits per heavy atom. The van der Waals surface area contributed by atoms with Crippen molar-refractivity contribution in [1.82, 2.24) is 4.98 Å². The first-order valence-electron chi connectivity index (χ1n) is 5.69. The van der Waals surface area contributed by atoms with Gasteiger partial charge in [0.25, 0.3) is 0 Å². The standard InChI is InChI=1S/C12H14N2O4/c1-7-8(3-5-18-7)11(15)14-10-6-13-4-2-9(10)12(16)17/h2,4,6-8H,3,5H2,1H3,(H,14,15)(H,16,17). The molecule has 0 bridgehead atoms. The Hall–Kier alpha value is -1.95. The highest BCUT2D eigenvalue weighted by molar-refractivity contribution is 6.01. The van der Waals surface area contributed by atoms with E-state index in [4.69, 9.17) is 9.84 Å². The molecule has 1 saturated heterocycles. The Labute approximate surface area is 104 Å². The smallest absolute Gasteiger partial charge is 0.337 e. The number of hydrogen-bond acceptors (Lipinski definition) is 4. The molecule has 18 heavy (non-hydrogen) atoms. The van der Waals surface area contributed by atoms with E-state index in [-0.39, 0.29) is 29.2 Å². The van der Waals surface area contributed by atoms with E-state index in [0.29, 0.717) is 13.0 Å². The molecule has 0 spiro atoms. The molecule has 1 aliphatic heterocycles. The fourth-order valence-corrected chi connectivity index (χ4v) is 1.98. The highest BCUT2D eigenvalue weighted by atomic mass is 16.5. The Kier molecular flexibility index (Phi) is 3.57. The largest absolute Gasteiger partial charge is 0.478 e. The minimum Gasteiger partial charge on any atom is -0.478 e. The number of carbonyl (C=O) groups is 2. The molecule has 0 aliphatic carbocycles. The van der Waals surface area contributed by atoms with E-state index in [2.05, 4.69) is 10.3 Å². The van der Waals surface area contributed by atoms with Crippen molar-refractivity contribution in [3.05, 3.63) is 24.0 Å². The lowest BCUT2D eigenvalue weighted by atomic mass is 10.0. The number of nitrogens with zero attached hydrogens (tertiary/aromatic N) is 1. The lowest BCUT2D eigenvalue weighted by molar-refractivity contribution is -0.121. The predicted molar refractivity (Wildman–Crippen MR) is 63.3 cm³/mol. The van der Waals surface area contributed by atoms with Crippen molar-refractivity contribution in [2.24, 2.45) is 5.92 Å².